The van der Waals surface area contributed by atoms with E-state index in [-0.39, 0.29) is 5.63 Å². The van der Waals surface area contributed by atoms with Crippen LogP contribution >= 0.6 is 0 Å². The fourth-order valence-corrected chi connectivity index (χ4v) is 3.75. The first-order valence-corrected chi connectivity index (χ1v) is 8.67. The van der Waals surface area contributed by atoms with Crippen LogP contribution < -0.4 is 10.4 Å². The largest absolute Gasteiger partial charge is 0.488 e. The average Bonchev–Trinajstić information content (AvgIpc) is 3.00. The van der Waals surface area contributed by atoms with Crippen LogP contribution in [-0.4, -0.2) is 6.61 Å². The maximum atomic E-state index is 11.5. The third-order valence-electron chi connectivity index (χ3n) is 5.15. The zero-order chi connectivity index (χ0) is 17.6. The maximum absolute atomic E-state index is 11.5. The van der Waals surface area contributed by atoms with E-state index in [4.69, 9.17) is 13.6 Å². The van der Waals surface area contributed by atoms with Gasteiger partial charge in [-0.2, -0.15) is 0 Å². The number of furan rings is 1. The summed E-state index contributed by atoms with van der Waals surface area (Å²) in [6.45, 7) is 7.39. The second-order valence-corrected chi connectivity index (χ2v) is 7.72. The second-order valence-electron chi connectivity index (χ2n) is 7.72. The molecule has 2 aromatic heterocycles. The molecule has 2 heterocycles. The normalized spacial score (nSPS) is 17.4. The molecule has 0 radical (unpaired) electrons. The predicted octanol–water partition coefficient (Wildman–Crippen LogP) is 5.44. The number of benzene rings is 1. The molecule has 4 heteroatoms. The summed E-state index contributed by atoms with van der Waals surface area (Å²) in [5.74, 6) is 0.718. The highest BCUT2D eigenvalue weighted by atomic mass is 16.5. The molecule has 25 heavy (non-hydrogen) atoms. The molecule has 0 amide bonds. The van der Waals surface area contributed by atoms with Gasteiger partial charge in [-0.3, -0.25) is 0 Å². The molecule has 0 saturated heterocycles. The summed E-state index contributed by atoms with van der Waals surface area (Å²) in [4.78, 5) is 11.5. The van der Waals surface area contributed by atoms with Crippen molar-refractivity contribution in [2.24, 2.45) is 5.41 Å². The van der Waals surface area contributed by atoms with Crippen molar-refractivity contribution in [3.05, 3.63) is 52.1 Å². The molecule has 0 fully saturated rings. The smallest absolute Gasteiger partial charge is 0.336 e. The third kappa shape index (κ3) is 2.97. The Labute approximate surface area is 146 Å². The van der Waals surface area contributed by atoms with Crippen LogP contribution in [0.25, 0.3) is 21.9 Å². The molecule has 3 aromatic rings. The van der Waals surface area contributed by atoms with Gasteiger partial charge < -0.3 is 13.6 Å². The molecule has 0 bridgehead atoms. The number of rotatable bonds is 3. The van der Waals surface area contributed by atoms with Crippen LogP contribution in [0.5, 0.6) is 5.75 Å². The molecular formula is C21H22O4. The number of hydrogen-bond acceptors (Lipinski definition) is 4. The van der Waals surface area contributed by atoms with E-state index < -0.39 is 0 Å². The van der Waals surface area contributed by atoms with Gasteiger partial charge in [0, 0.05) is 12.1 Å². The molecular weight excluding hydrogens is 316 g/mol. The minimum atomic E-state index is -0.377. The van der Waals surface area contributed by atoms with E-state index in [1.165, 1.54) is 23.6 Å². The Hall–Kier alpha value is -2.49. The summed E-state index contributed by atoms with van der Waals surface area (Å²) in [6, 6.07) is 6.82. The molecule has 0 atom stereocenters. The van der Waals surface area contributed by atoms with Gasteiger partial charge in [0.05, 0.1) is 17.0 Å². The third-order valence-corrected chi connectivity index (χ3v) is 5.15. The Morgan fingerprint density at radius 1 is 1.16 bits per heavy atom. The van der Waals surface area contributed by atoms with Crippen molar-refractivity contribution in [3.63, 3.8) is 0 Å². The molecule has 4 nitrogen and oxygen atoms in total. The van der Waals surface area contributed by atoms with Crippen molar-refractivity contribution in [2.75, 3.05) is 6.61 Å². The predicted molar refractivity (Wildman–Crippen MR) is 98.1 cm³/mol. The molecule has 0 unspecified atom stereocenters. The van der Waals surface area contributed by atoms with Gasteiger partial charge >= 0.3 is 5.63 Å². The van der Waals surface area contributed by atoms with Crippen LogP contribution in [0.3, 0.4) is 0 Å². The van der Waals surface area contributed by atoms with Gasteiger partial charge in [-0.25, -0.2) is 4.79 Å². The Kier molecular flexibility index (Phi) is 3.71. The van der Waals surface area contributed by atoms with Crippen molar-refractivity contribution in [1.82, 2.24) is 0 Å². The first kappa shape index (κ1) is 16.0. The fraction of sp³-hybridized carbons (Fsp3) is 0.381. The number of fused-ring (bicyclic) bond motifs is 2. The zero-order valence-electron chi connectivity index (χ0n) is 14.8. The maximum Gasteiger partial charge on any atom is 0.336 e. The molecule has 0 aliphatic heterocycles. The molecule has 130 valence electrons. The van der Waals surface area contributed by atoms with Crippen LogP contribution in [0.4, 0.5) is 0 Å². The lowest BCUT2D eigenvalue weighted by Crippen LogP contribution is -2.20. The molecule has 4 rings (SSSR count). The van der Waals surface area contributed by atoms with Gasteiger partial charge in [-0.15, -0.1) is 0 Å². The summed E-state index contributed by atoms with van der Waals surface area (Å²) >= 11 is 0. The molecule has 0 spiro atoms. The average molecular weight is 338 g/mol. The van der Waals surface area contributed by atoms with E-state index >= 15 is 0 Å². The van der Waals surface area contributed by atoms with E-state index in [1.807, 2.05) is 6.07 Å². The topological polar surface area (TPSA) is 52.6 Å². The van der Waals surface area contributed by atoms with E-state index in [1.54, 1.807) is 18.4 Å². The van der Waals surface area contributed by atoms with Crippen LogP contribution in [0.15, 0.2) is 55.3 Å². The van der Waals surface area contributed by atoms with E-state index in [9.17, 15) is 4.79 Å². The fourth-order valence-electron chi connectivity index (χ4n) is 3.75. The van der Waals surface area contributed by atoms with E-state index in [2.05, 4.69) is 20.8 Å². The molecule has 1 aliphatic rings. The van der Waals surface area contributed by atoms with E-state index in [0.29, 0.717) is 23.2 Å². The summed E-state index contributed by atoms with van der Waals surface area (Å²) < 4.78 is 17.0. The number of ether oxygens (including phenoxy) is 1. The van der Waals surface area contributed by atoms with Crippen molar-refractivity contribution in [3.8, 4) is 5.75 Å². The van der Waals surface area contributed by atoms with Gasteiger partial charge in [-0.1, -0.05) is 19.4 Å². The van der Waals surface area contributed by atoms with Crippen molar-refractivity contribution >= 4 is 21.9 Å². The highest BCUT2D eigenvalue weighted by Crippen LogP contribution is 2.40. The molecule has 0 saturated carbocycles. The van der Waals surface area contributed by atoms with Gasteiger partial charge in [0.25, 0.3) is 0 Å². The van der Waals surface area contributed by atoms with Gasteiger partial charge in [0.2, 0.25) is 0 Å². The second kappa shape index (κ2) is 5.80. The van der Waals surface area contributed by atoms with Crippen LogP contribution in [0, 0.1) is 5.41 Å². The first-order valence-electron chi connectivity index (χ1n) is 8.67. The lowest BCUT2D eigenvalue weighted by molar-refractivity contribution is 0.288. The highest BCUT2D eigenvalue weighted by Gasteiger charge is 2.25. The monoisotopic (exact) mass is 338 g/mol. The van der Waals surface area contributed by atoms with Crippen LogP contribution in [-0.2, 0) is 0 Å². The zero-order valence-corrected chi connectivity index (χ0v) is 14.8. The molecule has 0 N–H and O–H groups in total. The van der Waals surface area contributed by atoms with Gasteiger partial charge in [0.15, 0.2) is 0 Å². The van der Waals surface area contributed by atoms with Gasteiger partial charge in [-0.05, 0) is 49.3 Å². The SMILES string of the molecule is CC1=C(COc2c3ccoc3cc3oc(=O)ccc23)CCC(C)(C)C1. The first-order chi connectivity index (χ1) is 11.9. The minimum Gasteiger partial charge on any atom is -0.488 e. The van der Waals surface area contributed by atoms with Crippen molar-refractivity contribution in [2.45, 2.75) is 40.0 Å². The summed E-state index contributed by atoms with van der Waals surface area (Å²) in [7, 11) is 0. The summed E-state index contributed by atoms with van der Waals surface area (Å²) in [5, 5.41) is 1.69. The number of allylic oxidation sites excluding steroid dienone is 1. The Balaban J connectivity index is 1.73. The highest BCUT2D eigenvalue weighted by molar-refractivity contribution is 6.01. The van der Waals surface area contributed by atoms with Crippen molar-refractivity contribution < 1.29 is 13.6 Å². The minimum absolute atomic E-state index is 0.369. The van der Waals surface area contributed by atoms with Gasteiger partial charge in [0.1, 0.15) is 23.5 Å². The van der Waals surface area contributed by atoms with Crippen LogP contribution in [0.2, 0.25) is 0 Å². The molecule has 1 aliphatic carbocycles. The van der Waals surface area contributed by atoms with Crippen LogP contribution in [0.1, 0.15) is 40.0 Å². The lowest BCUT2D eigenvalue weighted by atomic mass is 9.75. The molecule has 1 aromatic carbocycles. The Morgan fingerprint density at radius 2 is 1.96 bits per heavy atom. The van der Waals surface area contributed by atoms with E-state index in [0.717, 1.165) is 29.4 Å². The Morgan fingerprint density at radius 3 is 2.76 bits per heavy atom. The summed E-state index contributed by atoms with van der Waals surface area (Å²) in [5.41, 5.74) is 3.93. The number of hydrogen-bond donors (Lipinski definition) is 0. The quantitative estimate of drug-likeness (QED) is 0.471. The lowest BCUT2D eigenvalue weighted by Gasteiger charge is -2.32. The van der Waals surface area contributed by atoms with Crippen molar-refractivity contribution in [1.29, 1.82) is 0 Å². The summed E-state index contributed by atoms with van der Waals surface area (Å²) in [6.07, 6.45) is 4.97. The standard InChI is InChI=1S/C21H22O4/c1-13-11-21(2,3)8-6-14(13)12-24-20-15-4-5-19(22)25-18(15)10-17-16(20)7-9-23-17/h4-5,7,9-10H,6,8,11-12H2,1-3H3. The Bertz CT molecular complexity index is 1030.